The van der Waals surface area contributed by atoms with Gasteiger partial charge in [0.15, 0.2) is 0 Å². The number of nitrogens with zero attached hydrogens (tertiary/aromatic N) is 1. The van der Waals surface area contributed by atoms with Crippen molar-refractivity contribution in [1.29, 1.82) is 0 Å². The minimum Gasteiger partial charge on any atom is -0.335 e. The zero-order valence-electron chi connectivity index (χ0n) is 16.0. The van der Waals surface area contributed by atoms with Crippen molar-refractivity contribution in [2.45, 2.75) is 57.2 Å². The molecule has 1 aromatic carbocycles. The van der Waals surface area contributed by atoms with Crippen LogP contribution in [0.15, 0.2) is 41.8 Å². The van der Waals surface area contributed by atoms with Crippen LogP contribution in [0.1, 0.15) is 53.8 Å². The Morgan fingerprint density at radius 3 is 2.54 bits per heavy atom. The van der Waals surface area contributed by atoms with Crippen molar-refractivity contribution >= 4 is 28.8 Å². The van der Waals surface area contributed by atoms with Crippen molar-refractivity contribution < 1.29 is 9.59 Å². The molecule has 2 amide bonds. The van der Waals surface area contributed by atoms with Gasteiger partial charge in [-0.25, -0.2) is 0 Å². The summed E-state index contributed by atoms with van der Waals surface area (Å²) in [6, 6.07) is 12.1. The number of nitrogens with one attached hydrogen (secondary N) is 1. The Kier molecular flexibility index (Phi) is 5.78. The molecule has 3 N–H and O–H groups in total. The van der Waals surface area contributed by atoms with Crippen molar-refractivity contribution in [2.24, 2.45) is 11.7 Å². The zero-order chi connectivity index (χ0) is 19.5. The van der Waals surface area contributed by atoms with Crippen LogP contribution in [-0.4, -0.2) is 28.8 Å². The molecule has 0 bridgehead atoms. The molecular formula is C22H27N3O2S. The predicted octanol–water partition coefficient (Wildman–Crippen LogP) is 4.01. The highest BCUT2D eigenvalue weighted by atomic mass is 32.1. The van der Waals surface area contributed by atoms with Crippen LogP contribution in [0, 0.1) is 5.92 Å². The van der Waals surface area contributed by atoms with E-state index < -0.39 is 0 Å². The molecule has 28 heavy (non-hydrogen) atoms. The molecule has 1 aromatic heterocycles. The molecule has 6 heteroatoms. The third kappa shape index (κ3) is 4.62. The van der Waals surface area contributed by atoms with Gasteiger partial charge in [-0.15, -0.1) is 11.3 Å². The molecule has 4 rings (SSSR count). The first-order chi connectivity index (χ1) is 13.6. The predicted molar refractivity (Wildman–Crippen MR) is 112 cm³/mol. The molecule has 2 saturated carbocycles. The molecule has 0 aliphatic heterocycles. The Bertz CT molecular complexity index is 824. The Morgan fingerprint density at radius 2 is 1.86 bits per heavy atom. The second-order valence-corrected chi connectivity index (χ2v) is 8.89. The van der Waals surface area contributed by atoms with Crippen molar-refractivity contribution in [3.63, 3.8) is 0 Å². The third-order valence-corrected chi connectivity index (χ3v) is 6.54. The molecule has 1 heterocycles. The number of thiophene rings is 1. The lowest BCUT2D eigenvalue weighted by molar-refractivity contribution is -0.136. The standard InChI is InChI=1S/C22H27N3O2S/c23-17-8-10-19(11-9-17)25(22(27)16-6-7-16)14-15-3-1-4-18(13-15)24-21(26)20-5-2-12-28-20/h1-5,12-13,16-17,19H,6-11,14,23H2,(H,24,26). The van der Waals surface area contributed by atoms with Crippen molar-refractivity contribution in [1.82, 2.24) is 4.90 Å². The molecule has 2 aliphatic rings. The van der Waals surface area contributed by atoms with Gasteiger partial charge in [-0.2, -0.15) is 0 Å². The average Bonchev–Trinajstić information content (AvgIpc) is 3.40. The summed E-state index contributed by atoms with van der Waals surface area (Å²) in [5, 5.41) is 4.85. The van der Waals surface area contributed by atoms with Crippen LogP contribution in [0.25, 0.3) is 0 Å². The number of benzene rings is 1. The molecule has 148 valence electrons. The van der Waals surface area contributed by atoms with Gasteiger partial charge < -0.3 is 16.0 Å². The first-order valence-corrected chi connectivity index (χ1v) is 11.0. The smallest absolute Gasteiger partial charge is 0.265 e. The number of rotatable bonds is 6. The second-order valence-electron chi connectivity index (χ2n) is 7.94. The summed E-state index contributed by atoms with van der Waals surface area (Å²) in [5.41, 5.74) is 7.87. The SMILES string of the molecule is NC1CCC(N(Cc2cccc(NC(=O)c3cccs3)c2)C(=O)C2CC2)CC1. The maximum atomic E-state index is 12.9. The number of hydrogen-bond donors (Lipinski definition) is 2. The first-order valence-electron chi connectivity index (χ1n) is 10.1. The Morgan fingerprint density at radius 1 is 1.07 bits per heavy atom. The van der Waals surface area contributed by atoms with E-state index in [0.29, 0.717) is 11.4 Å². The lowest BCUT2D eigenvalue weighted by atomic mass is 9.90. The van der Waals surface area contributed by atoms with Gasteiger partial charge in [0.2, 0.25) is 5.91 Å². The number of nitrogens with two attached hydrogens (primary N) is 1. The van der Waals surface area contributed by atoms with Gasteiger partial charge in [0.25, 0.3) is 5.91 Å². The molecule has 0 spiro atoms. The number of carbonyl (C=O) groups is 2. The van der Waals surface area contributed by atoms with Crippen molar-refractivity contribution in [3.8, 4) is 0 Å². The summed E-state index contributed by atoms with van der Waals surface area (Å²) in [6.07, 6.45) is 5.95. The lowest BCUT2D eigenvalue weighted by Gasteiger charge is -2.36. The van der Waals surface area contributed by atoms with Gasteiger partial charge in [0.1, 0.15) is 0 Å². The Balaban J connectivity index is 1.47. The molecule has 2 aliphatic carbocycles. The summed E-state index contributed by atoms with van der Waals surface area (Å²) in [6.45, 7) is 0.595. The molecular weight excluding hydrogens is 370 g/mol. The van der Waals surface area contributed by atoms with Crippen LogP contribution in [0.2, 0.25) is 0 Å². The highest BCUT2D eigenvalue weighted by Gasteiger charge is 2.37. The lowest BCUT2D eigenvalue weighted by Crippen LogP contribution is -2.44. The van der Waals surface area contributed by atoms with Crippen LogP contribution in [0.4, 0.5) is 5.69 Å². The van der Waals surface area contributed by atoms with E-state index in [1.165, 1.54) is 11.3 Å². The van der Waals surface area contributed by atoms with E-state index in [2.05, 4.69) is 10.2 Å². The van der Waals surface area contributed by atoms with E-state index in [9.17, 15) is 9.59 Å². The van der Waals surface area contributed by atoms with Gasteiger partial charge in [-0.3, -0.25) is 9.59 Å². The number of amides is 2. The van der Waals surface area contributed by atoms with Crippen LogP contribution in [0.5, 0.6) is 0 Å². The summed E-state index contributed by atoms with van der Waals surface area (Å²) in [5.74, 6) is 0.394. The summed E-state index contributed by atoms with van der Waals surface area (Å²) in [4.78, 5) is 28.0. The fourth-order valence-electron chi connectivity index (χ4n) is 3.91. The topological polar surface area (TPSA) is 75.4 Å². The molecule has 2 fully saturated rings. The Hall–Kier alpha value is -2.18. The van der Waals surface area contributed by atoms with Gasteiger partial charge in [0, 0.05) is 30.2 Å². The number of anilines is 1. The summed E-state index contributed by atoms with van der Waals surface area (Å²) < 4.78 is 0. The summed E-state index contributed by atoms with van der Waals surface area (Å²) in [7, 11) is 0. The monoisotopic (exact) mass is 397 g/mol. The molecule has 0 unspecified atom stereocenters. The van der Waals surface area contributed by atoms with Crippen LogP contribution in [0.3, 0.4) is 0 Å². The minimum absolute atomic E-state index is 0.0978. The highest BCUT2D eigenvalue weighted by molar-refractivity contribution is 7.12. The van der Waals surface area contributed by atoms with E-state index in [1.54, 1.807) is 0 Å². The minimum atomic E-state index is -0.0978. The fraction of sp³-hybridized carbons (Fsp3) is 0.455. The van der Waals surface area contributed by atoms with Crippen LogP contribution >= 0.6 is 11.3 Å². The van der Waals surface area contributed by atoms with E-state index in [4.69, 9.17) is 5.73 Å². The fourth-order valence-corrected chi connectivity index (χ4v) is 4.53. The van der Waals surface area contributed by atoms with Crippen molar-refractivity contribution in [3.05, 3.63) is 52.2 Å². The molecule has 0 saturated heterocycles. The van der Waals surface area contributed by atoms with E-state index >= 15 is 0 Å². The van der Waals surface area contributed by atoms with E-state index in [0.717, 1.165) is 49.8 Å². The third-order valence-electron chi connectivity index (χ3n) is 5.67. The van der Waals surface area contributed by atoms with Gasteiger partial charge in [-0.05, 0) is 67.7 Å². The van der Waals surface area contributed by atoms with E-state index in [-0.39, 0.29) is 29.8 Å². The number of carbonyl (C=O) groups excluding carboxylic acids is 2. The number of hydrogen-bond acceptors (Lipinski definition) is 4. The summed E-state index contributed by atoms with van der Waals surface area (Å²) >= 11 is 1.42. The van der Waals surface area contributed by atoms with Crippen molar-refractivity contribution in [2.75, 3.05) is 5.32 Å². The van der Waals surface area contributed by atoms with Gasteiger partial charge in [-0.1, -0.05) is 18.2 Å². The molecule has 0 radical (unpaired) electrons. The Labute approximate surface area is 169 Å². The molecule has 0 atom stereocenters. The highest BCUT2D eigenvalue weighted by Crippen LogP contribution is 2.34. The largest absolute Gasteiger partial charge is 0.335 e. The van der Waals surface area contributed by atoms with E-state index in [1.807, 2.05) is 41.8 Å². The maximum Gasteiger partial charge on any atom is 0.265 e. The van der Waals surface area contributed by atoms with Crippen LogP contribution in [-0.2, 0) is 11.3 Å². The zero-order valence-corrected chi connectivity index (χ0v) is 16.8. The van der Waals surface area contributed by atoms with Gasteiger partial charge >= 0.3 is 0 Å². The quantitative estimate of drug-likeness (QED) is 0.773. The molecule has 5 nitrogen and oxygen atoms in total. The second kappa shape index (κ2) is 8.45. The molecule has 2 aromatic rings. The normalized spacial score (nSPS) is 21.9. The first kappa shape index (κ1) is 19.2. The van der Waals surface area contributed by atoms with Crippen LogP contribution < -0.4 is 11.1 Å². The van der Waals surface area contributed by atoms with Gasteiger partial charge in [0.05, 0.1) is 4.88 Å². The maximum absolute atomic E-state index is 12.9. The average molecular weight is 398 g/mol.